The molecule has 1 aliphatic rings. The van der Waals surface area contributed by atoms with Gasteiger partial charge in [-0.2, -0.15) is 5.26 Å². The SMILES string of the molecule is N#Cc1ccc(-c2cncc(C(NC(=O)CO)C3CC3)c2)cc1Cl. The number of carbonyl (C=O) groups is 1. The molecule has 0 aliphatic heterocycles. The monoisotopic (exact) mass is 341 g/mol. The summed E-state index contributed by atoms with van der Waals surface area (Å²) in [4.78, 5) is 15.8. The minimum absolute atomic E-state index is 0.147. The minimum Gasteiger partial charge on any atom is -0.387 e. The summed E-state index contributed by atoms with van der Waals surface area (Å²) in [6.45, 7) is -0.526. The van der Waals surface area contributed by atoms with E-state index in [1.54, 1.807) is 24.5 Å². The molecule has 24 heavy (non-hydrogen) atoms. The van der Waals surface area contributed by atoms with Gasteiger partial charge >= 0.3 is 0 Å². The number of hydrogen-bond acceptors (Lipinski definition) is 4. The fraction of sp³-hybridized carbons (Fsp3) is 0.278. The van der Waals surface area contributed by atoms with Crippen LogP contribution in [0.3, 0.4) is 0 Å². The summed E-state index contributed by atoms with van der Waals surface area (Å²) >= 11 is 6.10. The van der Waals surface area contributed by atoms with Crippen molar-refractivity contribution >= 4 is 17.5 Å². The molecule has 1 amide bonds. The molecule has 1 aromatic heterocycles. The van der Waals surface area contributed by atoms with Crippen LogP contribution in [-0.4, -0.2) is 22.6 Å². The van der Waals surface area contributed by atoms with Crippen LogP contribution in [0.4, 0.5) is 0 Å². The Morgan fingerprint density at radius 3 is 2.79 bits per heavy atom. The summed E-state index contributed by atoms with van der Waals surface area (Å²) in [7, 11) is 0. The van der Waals surface area contributed by atoms with Crippen LogP contribution in [0, 0.1) is 17.2 Å². The lowest BCUT2D eigenvalue weighted by atomic mass is 9.99. The van der Waals surface area contributed by atoms with Crippen molar-refractivity contribution in [1.29, 1.82) is 5.26 Å². The molecule has 1 unspecified atom stereocenters. The van der Waals surface area contributed by atoms with Crippen molar-refractivity contribution in [2.75, 3.05) is 6.61 Å². The van der Waals surface area contributed by atoms with Crippen LogP contribution in [0.15, 0.2) is 36.7 Å². The largest absolute Gasteiger partial charge is 0.387 e. The molecule has 5 nitrogen and oxygen atoms in total. The van der Waals surface area contributed by atoms with Gasteiger partial charge in [-0.1, -0.05) is 17.7 Å². The lowest BCUT2D eigenvalue weighted by Gasteiger charge is -2.18. The van der Waals surface area contributed by atoms with Gasteiger partial charge in [-0.15, -0.1) is 0 Å². The summed E-state index contributed by atoms with van der Waals surface area (Å²) in [6.07, 6.45) is 5.54. The fourth-order valence-corrected chi connectivity index (χ4v) is 2.92. The molecule has 1 saturated carbocycles. The Morgan fingerprint density at radius 1 is 1.38 bits per heavy atom. The predicted octanol–water partition coefficient (Wildman–Crippen LogP) is 2.83. The van der Waals surface area contributed by atoms with Crippen LogP contribution in [0.2, 0.25) is 5.02 Å². The van der Waals surface area contributed by atoms with Gasteiger partial charge in [-0.05, 0) is 48.1 Å². The first kappa shape index (κ1) is 16.4. The number of nitrogens with one attached hydrogen (secondary N) is 1. The van der Waals surface area contributed by atoms with Gasteiger partial charge < -0.3 is 10.4 Å². The van der Waals surface area contributed by atoms with Gasteiger partial charge in [-0.25, -0.2) is 0 Å². The summed E-state index contributed by atoms with van der Waals surface area (Å²) in [5.74, 6) is -0.0131. The third-order valence-electron chi connectivity index (χ3n) is 4.09. The first-order chi connectivity index (χ1) is 11.6. The van der Waals surface area contributed by atoms with E-state index >= 15 is 0 Å². The van der Waals surface area contributed by atoms with Gasteiger partial charge in [-0.3, -0.25) is 9.78 Å². The van der Waals surface area contributed by atoms with Gasteiger partial charge in [0, 0.05) is 18.0 Å². The zero-order chi connectivity index (χ0) is 17.1. The second-order valence-electron chi connectivity index (χ2n) is 5.85. The standard InChI is InChI=1S/C18H16ClN3O2/c19-16-6-12(3-4-13(16)7-20)14-5-15(9-21-8-14)18(11-1-2-11)22-17(24)10-23/h3-6,8-9,11,18,23H,1-2,10H2,(H,22,24). The molecular weight excluding hydrogens is 326 g/mol. The third kappa shape index (κ3) is 3.56. The molecule has 2 N–H and O–H groups in total. The number of halogens is 1. The quantitative estimate of drug-likeness (QED) is 0.875. The maximum absolute atomic E-state index is 11.6. The van der Waals surface area contributed by atoms with Crippen LogP contribution >= 0.6 is 11.6 Å². The molecular formula is C18H16ClN3O2. The molecule has 1 fully saturated rings. The van der Waals surface area contributed by atoms with Crippen LogP contribution in [-0.2, 0) is 4.79 Å². The van der Waals surface area contributed by atoms with Crippen LogP contribution < -0.4 is 5.32 Å². The molecule has 122 valence electrons. The molecule has 1 atom stereocenters. The van der Waals surface area contributed by atoms with Crippen LogP contribution in [0.25, 0.3) is 11.1 Å². The van der Waals surface area contributed by atoms with E-state index in [1.807, 2.05) is 18.2 Å². The number of pyridine rings is 1. The van der Waals surface area contributed by atoms with Crippen LogP contribution in [0.1, 0.15) is 30.0 Å². The number of hydrogen-bond donors (Lipinski definition) is 2. The lowest BCUT2D eigenvalue weighted by molar-refractivity contribution is -0.124. The lowest BCUT2D eigenvalue weighted by Crippen LogP contribution is -2.32. The Balaban J connectivity index is 1.92. The van der Waals surface area contributed by atoms with Crippen molar-refractivity contribution in [3.63, 3.8) is 0 Å². The second-order valence-corrected chi connectivity index (χ2v) is 6.26. The van der Waals surface area contributed by atoms with E-state index < -0.39 is 12.5 Å². The zero-order valence-corrected chi connectivity index (χ0v) is 13.6. The van der Waals surface area contributed by atoms with Crippen molar-refractivity contribution in [3.05, 3.63) is 52.8 Å². The van der Waals surface area contributed by atoms with Gasteiger partial charge in [0.05, 0.1) is 16.6 Å². The smallest absolute Gasteiger partial charge is 0.246 e. The minimum atomic E-state index is -0.526. The Labute approximate surface area is 144 Å². The maximum atomic E-state index is 11.6. The highest BCUT2D eigenvalue weighted by Crippen LogP contribution is 2.41. The first-order valence-electron chi connectivity index (χ1n) is 7.67. The van der Waals surface area contributed by atoms with E-state index in [1.165, 1.54) is 0 Å². The van der Waals surface area contributed by atoms with Crippen molar-refractivity contribution in [2.24, 2.45) is 5.92 Å². The average molecular weight is 342 g/mol. The highest BCUT2D eigenvalue weighted by atomic mass is 35.5. The molecule has 6 heteroatoms. The number of aliphatic hydroxyl groups excluding tert-OH is 1. The summed E-state index contributed by atoms with van der Waals surface area (Å²) in [6, 6.07) is 9.09. The molecule has 0 spiro atoms. The maximum Gasteiger partial charge on any atom is 0.246 e. The number of nitriles is 1. The first-order valence-corrected chi connectivity index (χ1v) is 8.05. The summed E-state index contributed by atoms with van der Waals surface area (Å²) < 4.78 is 0. The normalized spacial score (nSPS) is 14.7. The number of amides is 1. The van der Waals surface area contributed by atoms with Gasteiger partial charge in [0.1, 0.15) is 12.7 Å². The van der Waals surface area contributed by atoms with Crippen molar-refractivity contribution < 1.29 is 9.90 Å². The molecule has 0 bridgehead atoms. The number of aliphatic hydroxyl groups is 1. The zero-order valence-electron chi connectivity index (χ0n) is 12.9. The van der Waals surface area contributed by atoms with E-state index in [0.29, 0.717) is 16.5 Å². The Morgan fingerprint density at radius 2 is 2.17 bits per heavy atom. The highest BCUT2D eigenvalue weighted by molar-refractivity contribution is 6.32. The van der Waals surface area contributed by atoms with Gasteiger partial charge in [0.2, 0.25) is 5.91 Å². The number of carbonyl (C=O) groups excluding carboxylic acids is 1. The molecule has 1 aliphatic carbocycles. The fourth-order valence-electron chi connectivity index (χ4n) is 2.69. The molecule has 0 radical (unpaired) electrons. The topological polar surface area (TPSA) is 86.0 Å². The highest BCUT2D eigenvalue weighted by Gasteiger charge is 2.33. The third-order valence-corrected chi connectivity index (χ3v) is 4.41. The Bertz CT molecular complexity index is 812. The summed E-state index contributed by atoms with van der Waals surface area (Å²) in [5.41, 5.74) is 3.05. The number of rotatable bonds is 5. The Hall–Kier alpha value is -2.42. The number of nitrogens with zero attached hydrogens (tertiary/aromatic N) is 2. The molecule has 3 rings (SSSR count). The molecule has 2 aromatic rings. The van der Waals surface area contributed by atoms with Crippen LogP contribution in [0.5, 0.6) is 0 Å². The van der Waals surface area contributed by atoms with E-state index in [2.05, 4.69) is 10.3 Å². The van der Waals surface area contributed by atoms with Crippen molar-refractivity contribution in [2.45, 2.75) is 18.9 Å². The number of aromatic nitrogens is 1. The van der Waals surface area contributed by atoms with E-state index in [-0.39, 0.29) is 6.04 Å². The molecule has 1 aromatic carbocycles. The van der Waals surface area contributed by atoms with Crippen molar-refractivity contribution in [1.82, 2.24) is 10.3 Å². The average Bonchev–Trinajstić information content (AvgIpc) is 3.44. The molecule has 0 saturated heterocycles. The molecule has 1 heterocycles. The number of benzene rings is 1. The summed E-state index contributed by atoms with van der Waals surface area (Å²) in [5, 5.41) is 21.2. The van der Waals surface area contributed by atoms with E-state index in [0.717, 1.165) is 29.5 Å². The second kappa shape index (κ2) is 7.00. The van der Waals surface area contributed by atoms with Gasteiger partial charge in [0.25, 0.3) is 0 Å². The van der Waals surface area contributed by atoms with E-state index in [4.69, 9.17) is 22.0 Å². The van der Waals surface area contributed by atoms with E-state index in [9.17, 15) is 4.79 Å². The van der Waals surface area contributed by atoms with Crippen molar-refractivity contribution in [3.8, 4) is 17.2 Å². The predicted molar refractivity (Wildman–Crippen MR) is 90.1 cm³/mol. The Kier molecular flexibility index (Phi) is 4.79. The van der Waals surface area contributed by atoms with Gasteiger partial charge in [0.15, 0.2) is 0 Å².